The number of nitrogens with zero attached hydrogens (tertiary/aromatic N) is 4. The van der Waals surface area contributed by atoms with E-state index in [4.69, 9.17) is 11.5 Å². The highest BCUT2D eigenvalue weighted by atomic mass is 35.5. The van der Waals surface area contributed by atoms with Crippen LogP contribution in [-0.4, -0.2) is 31.8 Å². The third kappa shape index (κ3) is 5.00. The third-order valence-electron chi connectivity index (χ3n) is 4.45. The first-order chi connectivity index (χ1) is 13.9. The molecule has 8 nitrogen and oxygen atoms in total. The molecular formula is C20H22ClFN6O2. The predicted molar refractivity (Wildman–Crippen MR) is 114 cm³/mol. The molecule has 3 aromatic rings. The summed E-state index contributed by atoms with van der Waals surface area (Å²) in [5.41, 5.74) is 13.9. The van der Waals surface area contributed by atoms with E-state index in [1.165, 1.54) is 10.9 Å². The molecule has 0 saturated heterocycles. The molecule has 158 valence electrons. The first kappa shape index (κ1) is 23.0. The maximum Gasteiger partial charge on any atom is 0.351 e. The Balaban J connectivity index is 0.00000320. The van der Waals surface area contributed by atoms with Crippen LogP contribution in [0.1, 0.15) is 11.1 Å². The zero-order chi connectivity index (χ0) is 21.0. The molecule has 0 aliphatic rings. The Morgan fingerprint density at radius 1 is 1.23 bits per heavy atom. The maximum absolute atomic E-state index is 12.7. The van der Waals surface area contributed by atoms with Crippen molar-refractivity contribution >= 4 is 18.3 Å². The normalized spacial score (nSPS) is 11.2. The Morgan fingerprint density at radius 2 is 1.93 bits per heavy atom. The average Bonchev–Trinajstić information content (AvgIpc) is 3.06. The van der Waals surface area contributed by atoms with Gasteiger partial charge in [-0.1, -0.05) is 24.3 Å². The van der Waals surface area contributed by atoms with Crippen molar-refractivity contribution in [2.75, 3.05) is 6.54 Å². The Labute approximate surface area is 178 Å². The van der Waals surface area contributed by atoms with Gasteiger partial charge in [0.1, 0.15) is 12.1 Å². The quantitative estimate of drug-likeness (QED) is 0.588. The fourth-order valence-electron chi connectivity index (χ4n) is 2.92. The first-order valence-electron chi connectivity index (χ1n) is 8.90. The summed E-state index contributed by atoms with van der Waals surface area (Å²) in [7, 11) is 0. The van der Waals surface area contributed by atoms with Crippen molar-refractivity contribution in [2.24, 2.45) is 11.5 Å². The van der Waals surface area contributed by atoms with Crippen LogP contribution in [0.15, 0.2) is 59.6 Å². The predicted octanol–water partition coefficient (Wildman–Crippen LogP) is 1.67. The molecule has 0 bridgehead atoms. The molecule has 2 heterocycles. The fraction of sp³-hybridized carbons (Fsp3) is 0.200. The SMILES string of the molecule is Cc1cc(-c2ccc(CC(N)=O)cc2)cnc1-n1cnn(C/C(=C/F)CN)c1=O.Cl. The summed E-state index contributed by atoms with van der Waals surface area (Å²) < 4.78 is 15.2. The van der Waals surface area contributed by atoms with Crippen LogP contribution in [0.4, 0.5) is 4.39 Å². The van der Waals surface area contributed by atoms with Crippen molar-refractivity contribution < 1.29 is 9.18 Å². The van der Waals surface area contributed by atoms with Gasteiger partial charge in [-0.2, -0.15) is 5.10 Å². The van der Waals surface area contributed by atoms with Crippen molar-refractivity contribution in [1.29, 1.82) is 0 Å². The Morgan fingerprint density at radius 3 is 2.50 bits per heavy atom. The number of nitrogens with two attached hydrogens (primary N) is 2. The number of primary amides is 1. The van der Waals surface area contributed by atoms with E-state index in [-0.39, 0.29) is 43.4 Å². The lowest BCUT2D eigenvalue weighted by Crippen LogP contribution is -2.26. The first-order valence-corrected chi connectivity index (χ1v) is 8.90. The van der Waals surface area contributed by atoms with E-state index >= 15 is 0 Å². The molecule has 0 fully saturated rings. The summed E-state index contributed by atoms with van der Waals surface area (Å²) in [5, 5.41) is 4.01. The summed E-state index contributed by atoms with van der Waals surface area (Å²) in [6.45, 7) is 1.82. The highest BCUT2D eigenvalue weighted by Crippen LogP contribution is 2.22. The smallest absolute Gasteiger partial charge is 0.351 e. The number of hydrogen-bond donors (Lipinski definition) is 2. The van der Waals surface area contributed by atoms with Gasteiger partial charge in [-0.05, 0) is 35.3 Å². The van der Waals surface area contributed by atoms with Crippen LogP contribution in [0.5, 0.6) is 0 Å². The number of pyridine rings is 1. The topological polar surface area (TPSA) is 122 Å². The van der Waals surface area contributed by atoms with Crippen LogP contribution in [0.25, 0.3) is 16.9 Å². The molecule has 0 aliphatic heterocycles. The molecule has 0 atom stereocenters. The van der Waals surface area contributed by atoms with E-state index in [1.54, 1.807) is 6.20 Å². The molecule has 0 spiro atoms. The minimum absolute atomic E-state index is 0. The van der Waals surface area contributed by atoms with Gasteiger partial charge in [-0.3, -0.25) is 4.79 Å². The second kappa shape index (κ2) is 9.95. The average molecular weight is 433 g/mol. The van der Waals surface area contributed by atoms with E-state index in [0.717, 1.165) is 26.9 Å². The second-order valence-corrected chi connectivity index (χ2v) is 6.62. The monoisotopic (exact) mass is 432 g/mol. The van der Waals surface area contributed by atoms with Gasteiger partial charge in [0.25, 0.3) is 0 Å². The summed E-state index contributed by atoms with van der Waals surface area (Å²) in [5.74, 6) is 0.0556. The molecule has 4 N–H and O–H groups in total. The molecule has 10 heteroatoms. The molecule has 2 aromatic heterocycles. The number of amides is 1. The number of carbonyl (C=O) groups excluding carboxylic acids is 1. The van der Waals surface area contributed by atoms with Crippen LogP contribution in [0.2, 0.25) is 0 Å². The zero-order valence-electron chi connectivity index (χ0n) is 16.3. The lowest BCUT2D eigenvalue weighted by Gasteiger charge is -2.08. The Kier molecular flexibility index (Phi) is 7.62. The molecule has 0 unspecified atom stereocenters. The van der Waals surface area contributed by atoms with Crippen LogP contribution in [0, 0.1) is 6.92 Å². The van der Waals surface area contributed by atoms with E-state index < -0.39 is 5.69 Å². The number of carbonyl (C=O) groups is 1. The molecular weight excluding hydrogens is 411 g/mol. The molecule has 0 radical (unpaired) electrons. The van der Waals surface area contributed by atoms with E-state index in [0.29, 0.717) is 12.1 Å². The largest absolute Gasteiger partial charge is 0.369 e. The zero-order valence-corrected chi connectivity index (χ0v) is 17.1. The van der Waals surface area contributed by atoms with Crippen LogP contribution < -0.4 is 17.2 Å². The fourth-order valence-corrected chi connectivity index (χ4v) is 2.92. The molecule has 0 aliphatic carbocycles. The van der Waals surface area contributed by atoms with Crippen molar-refractivity contribution in [1.82, 2.24) is 19.3 Å². The third-order valence-corrected chi connectivity index (χ3v) is 4.45. The van der Waals surface area contributed by atoms with Crippen molar-refractivity contribution in [2.45, 2.75) is 19.9 Å². The van der Waals surface area contributed by atoms with Gasteiger partial charge < -0.3 is 11.5 Å². The standard InChI is InChI=1S/C20H21FN6O2.ClH/c1-13-6-17(16-4-2-14(3-5-16)7-18(23)28)10-24-19(13)26-12-25-27(20(26)29)11-15(8-21)9-22;/h2-6,8,10,12H,7,9,11,22H2,1H3,(H2,23,28);1H/b15-8+;. The summed E-state index contributed by atoms with van der Waals surface area (Å²) in [6, 6.07) is 9.35. The number of benzene rings is 1. The maximum atomic E-state index is 12.7. The van der Waals surface area contributed by atoms with Gasteiger partial charge in [0, 0.05) is 18.3 Å². The van der Waals surface area contributed by atoms with E-state index in [1.807, 2.05) is 37.3 Å². The van der Waals surface area contributed by atoms with Crippen LogP contribution in [0.3, 0.4) is 0 Å². The molecule has 1 aromatic carbocycles. The number of rotatable bonds is 7. The summed E-state index contributed by atoms with van der Waals surface area (Å²) in [4.78, 5) is 28.0. The Bertz CT molecular complexity index is 1120. The van der Waals surface area contributed by atoms with Crippen molar-refractivity contribution in [3.8, 4) is 16.9 Å². The minimum Gasteiger partial charge on any atom is -0.369 e. The van der Waals surface area contributed by atoms with Gasteiger partial charge in [-0.25, -0.2) is 23.4 Å². The van der Waals surface area contributed by atoms with Gasteiger partial charge in [-0.15, -0.1) is 12.4 Å². The van der Waals surface area contributed by atoms with Gasteiger partial charge >= 0.3 is 5.69 Å². The molecule has 1 amide bonds. The molecule has 30 heavy (non-hydrogen) atoms. The lowest BCUT2D eigenvalue weighted by molar-refractivity contribution is -0.117. The van der Waals surface area contributed by atoms with E-state index in [2.05, 4.69) is 10.1 Å². The van der Waals surface area contributed by atoms with Crippen LogP contribution >= 0.6 is 12.4 Å². The molecule has 0 saturated carbocycles. The lowest BCUT2D eigenvalue weighted by atomic mass is 10.0. The summed E-state index contributed by atoms with van der Waals surface area (Å²) >= 11 is 0. The van der Waals surface area contributed by atoms with Crippen molar-refractivity contribution in [3.05, 3.63) is 76.4 Å². The second-order valence-electron chi connectivity index (χ2n) is 6.62. The number of halogens is 2. The highest BCUT2D eigenvalue weighted by molar-refractivity contribution is 5.85. The van der Waals surface area contributed by atoms with Crippen molar-refractivity contribution in [3.63, 3.8) is 0 Å². The molecule has 3 rings (SSSR count). The number of aromatic nitrogens is 4. The highest BCUT2D eigenvalue weighted by Gasteiger charge is 2.12. The van der Waals surface area contributed by atoms with E-state index in [9.17, 15) is 14.0 Å². The number of hydrogen-bond acceptors (Lipinski definition) is 5. The minimum atomic E-state index is -0.433. The summed E-state index contributed by atoms with van der Waals surface area (Å²) in [6.07, 6.45) is 3.58. The number of aryl methyl sites for hydroxylation is 1. The van der Waals surface area contributed by atoms with Crippen LogP contribution in [-0.2, 0) is 17.8 Å². The van der Waals surface area contributed by atoms with Gasteiger partial charge in [0.05, 0.1) is 19.3 Å². The van der Waals surface area contributed by atoms with Gasteiger partial charge in [0.2, 0.25) is 5.91 Å². The Hall–Kier alpha value is -3.30. The van der Waals surface area contributed by atoms with Gasteiger partial charge in [0.15, 0.2) is 0 Å².